The summed E-state index contributed by atoms with van der Waals surface area (Å²) in [6, 6.07) is 8.29. The SMILES string of the molecule is COc1cc(CC(F)(F)C(F)(F)F)c(F)cc1N(c1ccon1)S(=O)(=O)c1ccc2[nH]c(=O)ccc2c1. The molecule has 4 aromatic rings. The highest BCUT2D eigenvalue weighted by atomic mass is 32.2. The fourth-order valence-corrected chi connectivity index (χ4v) is 4.94. The summed E-state index contributed by atoms with van der Waals surface area (Å²) in [6.45, 7) is 0. The van der Waals surface area contributed by atoms with Gasteiger partial charge in [-0.25, -0.2) is 17.1 Å². The van der Waals surface area contributed by atoms with Gasteiger partial charge < -0.3 is 14.2 Å². The second-order valence-corrected chi connectivity index (χ2v) is 9.48. The third-order valence-electron chi connectivity index (χ3n) is 5.26. The minimum absolute atomic E-state index is 0.318. The number of nitrogens with zero attached hydrogens (tertiary/aromatic N) is 2. The molecule has 2 heterocycles. The van der Waals surface area contributed by atoms with E-state index in [1.54, 1.807) is 0 Å². The van der Waals surface area contributed by atoms with E-state index in [-0.39, 0.29) is 4.90 Å². The Morgan fingerprint density at radius 1 is 1.05 bits per heavy atom. The molecule has 0 saturated heterocycles. The average Bonchev–Trinajstić information content (AvgIpc) is 3.33. The van der Waals surface area contributed by atoms with Crippen molar-refractivity contribution >= 4 is 32.4 Å². The van der Waals surface area contributed by atoms with Gasteiger partial charge in [0.2, 0.25) is 5.56 Å². The summed E-state index contributed by atoms with van der Waals surface area (Å²) in [6.07, 6.45) is -6.98. The quantitative estimate of drug-likeness (QED) is 0.329. The van der Waals surface area contributed by atoms with Crippen molar-refractivity contribution in [2.75, 3.05) is 11.4 Å². The van der Waals surface area contributed by atoms with E-state index in [4.69, 9.17) is 9.26 Å². The summed E-state index contributed by atoms with van der Waals surface area (Å²) in [7, 11) is -3.67. The van der Waals surface area contributed by atoms with Crippen molar-refractivity contribution in [3.8, 4) is 5.75 Å². The molecule has 0 atom stereocenters. The number of benzene rings is 2. The Hall–Kier alpha value is -4.01. The van der Waals surface area contributed by atoms with Gasteiger partial charge in [0.05, 0.1) is 12.0 Å². The van der Waals surface area contributed by atoms with E-state index in [1.165, 1.54) is 24.3 Å². The van der Waals surface area contributed by atoms with Gasteiger partial charge in [-0.3, -0.25) is 4.79 Å². The summed E-state index contributed by atoms with van der Waals surface area (Å²) < 4.78 is 118. The molecule has 0 aliphatic heterocycles. The fourth-order valence-electron chi connectivity index (χ4n) is 3.47. The number of anilines is 2. The molecule has 0 bridgehead atoms. The number of halogens is 6. The van der Waals surface area contributed by atoms with Crippen molar-refractivity contribution in [3.05, 3.63) is 76.5 Å². The molecule has 2 aromatic carbocycles. The standard InChI is InChI=1S/C22H15F6N3O5S/c1-35-18-9-13(11-21(24,25)22(26,27)28)15(23)10-17(18)31(19-6-7-36-30-19)37(33,34)14-3-4-16-12(8-14)2-5-20(32)29-16/h2-10H,11H2,1H3,(H,29,32). The van der Waals surface area contributed by atoms with Gasteiger partial charge in [-0.05, 0) is 41.3 Å². The topological polar surface area (TPSA) is 106 Å². The highest BCUT2D eigenvalue weighted by molar-refractivity contribution is 7.93. The number of nitrogens with one attached hydrogen (secondary N) is 1. The maximum Gasteiger partial charge on any atom is 0.453 e. The molecular weight excluding hydrogens is 532 g/mol. The third-order valence-corrected chi connectivity index (χ3v) is 6.97. The highest BCUT2D eigenvalue weighted by Gasteiger charge is 2.57. The van der Waals surface area contributed by atoms with Gasteiger partial charge in [-0.2, -0.15) is 22.0 Å². The Labute approximate surface area is 204 Å². The highest BCUT2D eigenvalue weighted by Crippen LogP contribution is 2.43. The second kappa shape index (κ2) is 9.14. The van der Waals surface area contributed by atoms with E-state index >= 15 is 0 Å². The van der Waals surface area contributed by atoms with E-state index in [1.807, 2.05) is 0 Å². The number of rotatable bonds is 7. The minimum atomic E-state index is -5.94. The van der Waals surface area contributed by atoms with Gasteiger partial charge in [-0.15, -0.1) is 0 Å². The van der Waals surface area contributed by atoms with E-state index in [9.17, 15) is 39.6 Å². The molecule has 0 radical (unpaired) electrons. The van der Waals surface area contributed by atoms with Gasteiger partial charge >= 0.3 is 12.1 Å². The smallest absolute Gasteiger partial charge is 0.453 e. The molecule has 1 N–H and O–H groups in total. The lowest BCUT2D eigenvalue weighted by Crippen LogP contribution is -2.38. The van der Waals surface area contributed by atoms with Crippen LogP contribution in [0.4, 0.5) is 37.8 Å². The molecular formula is C22H15F6N3O5S. The van der Waals surface area contributed by atoms with Crippen LogP contribution in [0.2, 0.25) is 0 Å². The Morgan fingerprint density at radius 3 is 2.41 bits per heavy atom. The predicted octanol–water partition coefficient (Wildman–Crippen LogP) is 4.93. The van der Waals surface area contributed by atoms with Crippen molar-refractivity contribution in [2.24, 2.45) is 0 Å². The first-order valence-electron chi connectivity index (χ1n) is 10.1. The molecule has 8 nitrogen and oxygen atoms in total. The largest absolute Gasteiger partial charge is 0.495 e. The van der Waals surface area contributed by atoms with E-state index in [0.29, 0.717) is 27.3 Å². The Kier molecular flexibility index (Phi) is 6.44. The third kappa shape index (κ3) is 4.85. The van der Waals surface area contributed by atoms with Crippen molar-refractivity contribution in [1.29, 1.82) is 0 Å². The summed E-state index contributed by atoms with van der Waals surface area (Å²) in [4.78, 5) is 13.7. The summed E-state index contributed by atoms with van der Waals surface area (Å²) in [5, 5.41) is 3.88. The molecule has 2 aromatic heterocycles. The van der Waals surface area contributed by atoms with Gasteiger partial charge in [0, 0.05) is 30.1 Å². The fraction of sp³-hybridized carbons (Fsp3) is 0.182. The van der Waals surface area contributed by atoms with Crippen LogP contribution in [0, 0.1) is 5.82 Å². The van der Waals surface area contributed by atoms with Crippen molar-refractivity contribution in [2.45, 2.75) is 23.4 Å². The number of aromatic nitrogens is 2. The monoisotopic (exact) mass is 547 g/mol. The average molecular weight is 547 g/mol. The van der Waals surface area contributed by atoms with Crippen LogP contribution in [-0.4, -0.2) is 37.8 Å². The number of H-pyrrole nitrogens is 1. The van der Waals surface area contributed by atoms with Crippen LogP contribution in [0.15, 0.2) is 69.0 Å². The lowest BCUT2D eigenvalue weighted by atomic mass is 10.0. The maximum absolute atomic E-state index is 14.9. The van der Waals surface area contributed by atoms with E-state index in [0.717, 1.165) is 25.5 Å². The number of hydrogen-bond acceptors (Lipinski definition) is 6. The Bertz CT molecular complexity index is 1620. The van der Waals surface area contributed by atoms with Crippen LogP contribution in [0.3, 0.4) is 0 Å². The molecule has 196 valence electrons. The number of hydrogen-bond donors (Lipinski definition) is 1. The van der Waals surface area contributed by atoms with Gasteiger partial charge in [-0.1, -0.05) is 5.16 Å². The lowest BCUT2D eigenvalue weighted by Gasteiger charge is -2.25. The van der Waals surface area contributed by atoms with Crippen molar-refractivity contribution < 1.29 is 44.0 Å². The first-order valence-corrected chi connectivity index (χ1v) is 11.6. The zero-order chi connectivity index (χ0) is 27.2. The molecule has 4 rings (SSSR count). The Morgan fingerprint density at radius 2 is 1.78 bits per heavy atom. The molecule has 0 spiro atoms. The molecule has 0 amide bonds. The Balaban J connectivity index is 1.88. The molecule has 0 unspecified atom stereocenters. The van der Waals surface area contributed by atoms with Crippen molar-refractivity contribution in [3.63, 3.8) is 0 Å². The molecule has 0 aliphatic carbocycles. The van der Waals surface area contributed by atoms with Crippen LogP contribution in [0.25, 0.3) is 10.9 Å². The van der Waals surface area contributed by atoms with Crippen LogP contribution in [0.5, 0.6) is 5.75 Å². The first-order chi connectivity index (χ1) is 17.2. The number of sulfonamides is 1. The van der Waals surface area contributed by atoms with Gasteiger partial charge in [0.1, 0.15) is 23.5 Å². The number of alkyl halides is 5. The number of pyridine rings is 1. The van der Waals surface area contributed by atoms with E-state index < -0.39 is 62.7 Å². The summed E-state index contributed by atoms with van der Waals surface area (Å²) in [5.41, 5.74) is -1.74. The normalized spacial score (nSPS) is 12.6. The molecule has 0 saturated carbocycles. The molecule has 0 fully saturated rings. The first kappa shape index (κ1) is 26.1. The molecule has 0 aliphatic rings. The van der Waals surface area contributed by atoms with Crippen molar-refractivity contribution in [1.82, 2.24) is 10.1 Å². The van der Waals surface area contributed by atoms with Crippen LogP contribution >= 0.6 is 0 Å². The second-order valence-electron chi connectivity index (χ2n) is 7.69. The van der Waals surface area contributed by atoms with Crippen LogP contribution < -0.4 is 14.6 Å². The van der Waals surface area contributed by atoms with Gasteiger partial charge in [0.15, 0.2) is 5.82 Å². The zero-order valence-corrected chi connectivity index (χ0v) is 19.3. The van der Waals surface area contributed by atoms with Gasteiger partial charge in [0.25, 0.3) is 10.0 Å². The maximum atomic E-state index is 14.9. The molecule has 37 heavy (non-hydrogen) atoms. The predicted molar refractivity (Wildman–Crippen MR) is 118 cm³/mol. The zero-order valence-electron chi connectivity index (χ0n) is 18.5. The van der Waals surface area contributed by atoms with Crippen LogP contribution in [-0.2, 0) is 16.4 Å². The van der Waals surface area contributed by atoms with E-state index in [2.05, 4.69) is 10.1 Å². The summed E-state index contributed by atoms with van der Waals surface area (Å²) >= 11 is 0. The van der Waals surface area contributed by atoms with Crippen LogP contribution in [0.1, 0.15) is 5.56 Å². The minimum Gasteiger partial charge on any atom is -0.495 e. The number of aromatic amines is 1. The number of ether oxygens (including phenoxy) is 1. The number of methoxy groups -OCH3 is 1. The molecule has 15 heteroatoms. The number of fused-ring (bicyclic) bond motifs is 1. The summed E-state index contributed by atoms with van der Waals surface area (Å²) in [5.74, 6) is -7.73. The lowest BCUT2D eigenvalue weighted by molar-refractivity contribution is -0.281.